The van der Waals surface area contributed by atoms with Crippen LogP contribution in [0.25, 0.3) is 0 Å². The lowest BCUT2D eigenvalue weighted by Crippen LogP contribution is -2.01. The average molecular weight is 175 g/mol. The van der Waals surface area contributed by atoms with Gasteiger partial charge in [0.15, 0.2) is 0 Å². The highest BCUT2D eigenvalue weighted by atomic mass is 35.5. The van der Waals surface area contributed by atoms with Crippen molar-refractivity contribution in [1.29, 1.82) is 0 Å². The maximum absolute atomic E-state index is 9.17. The van der Waals surface area contributed by atoms with Crippen molar-refractivity contribution in [2.45, 2.75) is 38.7 Å². The van der Waals surface area contributed by atoms with Crippen LogP contribution in [0.5, 0.6) is 0 Å². The van der Waals surface area contributed by atoms with Gasteiger partial charge in [0, 0.05) is 0 Å². The van der Waals surface area contributed by atoms with E-state index in [9.17, 15) is 5.11 Å². The molecule has 0 bridgehead atoms. The summed E-state index contributed by atoms with van der Waals surface area (Å²) < 4.78 is 0. The average Bonchev–Trinajstić information content (AvgIpc) is 2.01. The van der Waals surface area contributed by atoms with Crippen LogP contribution in [0.15, 0.2) is 0 Å². The van der Waals surface area contributed by atoms with E-state index in [0.717, 1.165) is 12.8 Å². The molecule has 1 nitrogen and oxygen atoms in total. The predicted molar refractivity (Wildman–Crippen MR) is 48.6 cm³/mol. The number of unbranched alkanes of at least 4 members (excludes halogenated alkanes) is 2. The van der Waals surface area contributed by atoms with Gasteiger partial charge in [-0.15, -0.1) is 11.6 Å². The summed E-state index contributed by atoms with van der Waals surface area (Å²) in [5.74, 6) is 5.62. The quantitative estimate of drug-likeness (QED) is 0.394. The summed E-state index contributed by atoms with van der Waals surface area (Å²) in [5.41, 5.74) is 0. The summed E-state index contributed by atoms with van der Waals surface area (Å²) in [6, 6.07) is 0. The van der Waals surface area contributed by atoms with Gasteiger partial charge < -0.3 is 5.11 Å². The van der Waals surface area contributed by atoms with Crippen molar-refractivity contribution in [2.24, 2.45) is 0 Å². The number of halogens is 1. The number of aliphatic hydroxyl groups is 1. The Morgan fingerprint density at radius 2 is 2.18 bits per heavy atom. The molecule has 11 heavy (non-hydrogen) atoms. The maximum Gasteiger partial charge on any atom is 0.114 e. The molecule has 0 saturated carbocycles. The highest BCUT2D eigenvalue weighted by Crippen LogP contribution is 2.01. The van der Waals surface area contributed by atoms with Crippen molar-refractivity contribution in [2.75, 3.05) is 5.88 Å². The molecule has 0 aromatic rings. The van der Waals surface area contributed by atoms with Crippen LogP contribution in [0.3, 0.4) is 0 Å². The van der Waals surface area contributed by atoms with Crippen molar-refractivity contribution in [3.8, 4) is 11.8 Å². The van der Waals surface area contributed by atoms with Crippen LogP contribution >= 0.6 is 11.6 Å². The van der Waals surface area contributed by atoms with E-state index in [4.69, 9.17) is 11.6 Å². The van der Waals surface area contributed by atoms with E-state index in [1.165, 1.54) is 12.8 Å². The van der Waals surface area contributed by atoms with Gasteiger partial charge in [0.25, 0.3) is 0 Å². The van der Waals surface area contributed by atoms with Crippen LogP contribution in [-0.4, -0.2) is 17.1 Å². The van der Waals surface area contributed by atoms with Crippen LogP contribution in [0.2, 0.25) is 0 Å². The van der Waals surface area contributed by atoms with Crippen molar-refractivity contribution in [3.63, 3.8) is 0 Å². The first kappa shape index (κ1) is 10.8. The Balaban J connectivity index is 3.29. The Kier molecular flexibility index (Phi) is 7.78. The molecule has 0 aliphatic heterocycles. The standard InChI is InChI=1S/C9H15ClO/c1-2-3-4-6-9(11)7-5-8-10/h9,11H,2-4,6,8H2,1H3. The molecular weight excluding hydrogens is 160 g/mol. The molecule has 64 valence electrons. The molecule has 0 aromatic carbocycles. The Morgan fingerprint density at radius 1 is 1.45 bits per heavy atom. The van der Waals surface area contributed by atoms with Crippen molar-refractivity contribution >= 4 is 11.6 Å². The summed E-state index contributed by atoms with van der Waals surface area (Å²) >= 11 is 5.32. The number of rotatable bonds is 4. The Bertz CT molecular complexity index is 134. The van der Waals surface area contributed by atoms with Gasteiger partial charge in [-0.2, -0.15) is 0 Å². The van der Waals surface area contributed by atoms with Crippen LogP contribution in [-0.2, 0) is 0 Å². The van der Waals surface area contributed by atoms with Gasteiger partial charge in [0.2, 0.25) is 0 Å². The second-order valence-corrected chi connectivity index (χ2v) is 2.73. The van der Waals surface area contributed by atoms with E-state index in [-0.39, 0.29) is 0 Å². The molecule has 1 unspecified atom stereocenters. The molecular formula is C9H15ClO. The highest BCUT2D eigenvalue weighted by Gasteiger charge is 1.96. The largest absolute Gasteiger partial charge is 0.380 e. The minimum absolute atomic E-state index is 0.310. The normalized spacial score (nSPS) is 11.9. The fourth-order valence-electron chi connectivity index (χ4n) is 0.816. The van der Waals surface area contributed by atoms with Crippen LogP contribution in [0, 0.1) is 11.8 Å². The van der Waals surface area contributed by atoms with Gasteiger partial charge in [-0.1, -0.05) is 31.6 Å². The molecule has 0 fully saturated rings. The van der Waals surface area contributed by atoms with E-state index in [1.54, 1.807) is 0 Å². The number of hydrogen-bond donors (Lipinski definition) is 1. The SMILES string of the molecule is CCCCCC(O)C#CCCl. The second-order valence-electron chi connectivity index (χ2n) is 2.47. The van der Waals surface area contributed by atoms with E-state index >= 15 is 0 Å². The summed E-state index contributed by atoms with van der Waals surface area (Å²) in [7, 11) is 0. The van der Waals surface area contributed by atoms with Crippen molar-refractivity contribution in [3.05, 3.63) is 0 Å². The zero-order valence-electron chi connectivity index (χ0n) is 6.94. The third-order valence-corrected chi connectivity index (χ3v) is 1.55. The molecule has 1 N–H and O–H groups in total. The van der Waals surface area contributed by atoms with Crippen molar-refractivity contribution < 1.29 is 5.11 Å². The van der Waals surface area contributed by atoms with Gasteiger partial charge in [-0.25, -0.2) is 0 Å². The van der Waals surface area contributed by atoms with Gasteiger partial charge in [0.05, 0.1) is 5.88 Å². The minimum Gasteiger partial charge on any atom is -0.380 e. The third-order valence-electron chi connectivity index (χ3n) is 1.42. The van der Waals surface area contributed by atoms with Crippen LogP contribution in [0.4, 0.5) is 0 Å². The summed E-state index contributed by atoms with van der Waals surface area (Å²) in [6.07, 6.45) is 3.70. The zero-order chi connectivity index (χ0) is 8.53. The smallest absolute Gasteiger partial charge is 0.114 e. The second kappa shape index (κ2) is 7.91. The molecule has 0 rings (SSSR count). The number of hydrogen-bond acceptors (Lipinski definition) is 1. The first-order valence-electron chi connectivity index (χ1n) is 4.03. The van der Waals surface area contributed by atoms with Crippen LogP contribution in [0.1, 0.15) is 32.6 Å². The topological polar surface area (TPSA) is 20.2 Å². The molecule has 0 amide bonds. The fraction of sp³-hybridized carbons (Fsp3) is 0.778. The van der Waals surface area contributed by atoms with Gasteiger partial charge >= 0.3 is 0 Å². The fourth-order valence-corrected chi connectivity index (χ4v) is 0.893. The molecule has 0 spiro atoms. The first-order valence-corrected chi connectivity index (χ1v) is 4.57. The van der Waals surface area contributed by atoms with Gasteiger partial charge in [-0.05, 0) is 12.8 Å². The summed E-state index contributed by atoms with van der Waals surface area (Å²) in [6.45, 7) is 2.14. The minimum atomic E-state index is -0.472. The Hall–Kier alpha value is -0.190. The Morgan fingerprint density at radius 3 is 2.73 bits per heavy atom. The lowest BCUT2D eigenvalue weighted by molar-refractivity contribution is 0.217. The highest BCUT2D eigenvalue weighted by molar-refractivity contribution is 6.19. The monoisotopic (exact) mass is 174 g/mol. The van der Waals surface area contributed by atoms with E-state index in [0.29, 0.717) is 5.88 Å². The molecule has 0 heterocycles. The van der Waals surface area contributed by atoms with E-state index < -0.39 is 6.10 Å². The summed E-state index contributed by atoms with van der Waals surface area (Å²) in [4.78, 5) is 0. The van der Waals surface area contributed by atoms with Crippen LogP contribution < -0.4 is 0 Å². The Labute approximate surface area is 73.8 Å². The molecule has 0 saturated heterocycles. The molecule has 0 aliphatic carbocycles. The lowest BCUT2D eigenvalue weighted by Gasteiger charge is -2.00. The third kappa shape index (κ3) is 7.71. The van der Waals surface area contributed by atoms with Gasteiger partial charge in [-0.3, -0.25) is 0 Å². The number of alkyl halides is 1. The molecule has 0 aromatic heterocycles. The van der Waals surface area contributed by atoms with Crippen molar-refractivity contribution in [1.82, 2.24) is 0 Å². The number of aliphatic hydroxyl groups excluding tert-OH is 1. The molecule has 0 radical (unpaired) electrons. The van der Waals surface area contributed by atoms with Gasteiger partial charge in [0.1, 0.15) is 6.10 Å². The summed E-state index contributed by atoms with van der Waals surface area (Å²) in [5, 5.41) is 9.17. The molecule has 1 atom stereocenters. The van der Waals surface area contributed by atoms with E-state index in [2.05, 4.69) is 18.8 Å². The molecule has 0 aliphatic rings. The molecule has 2 heteroatoms. The maximum atomic E-state index is 9.17. The lowest BCUT2D eigenvalue weighted by atomic mass is 10.1. The predicted octanol–water partition coefficient (Wildman–Crippen LogP) is 2.17. The first-order chi connectivity index (χ1) is 5.31. The zero-order valence-corrected chi connectivity index (χ0v) is 7.69. The van der Waals surface area contributed by atoms with E-state index in [1.807, 2.05) is 0 Å².